The molecule has 0 amide bonds. The summed E-state index contributed by atoms with van der Waals surface area (Å²) in [6, 6.07) is 3.05. The Morgan fingerprint density at radius 2 is 2.26 bits per heavy atom. The fourth-order valence-electron chi connectivity index (χ4n) is 1.63. The van der Waals surface area contributed by atoms with Gasteiger partial charge in [0.15, 0.2) is 0 Å². The number of aliphatic hydroxyl groups is 1. The van der Waals surface area contributed by atoms with E-state index in [9.17, 15) is 9.90 Å². The molecule has 0 fully saturated rings. The minimum absolute atomic E-state index is 0.215. The molecule has 0 saturated heterocycles. The van der Waals surface area contributed by atoms with Crippen LogP contribution in [0.2, 0.25) is 0 Å². The number of nitrogens with zero attached hydrogens (tertiary/aromatic N) is 1. The predicted octanol–water partition coefficient (Wildman–Crippen LogP) is 1.15. The van der Waals surface area contributed by atoms with Crippen molar-refractivity contribution in [1.82, 2.24) is 4.98 Å². The first-order chi connectivity index (χ1) is 9.06. The number of aryl methyl sites for hydroxylation is 1. The van der Waals surface area contributed by atoms with Crippen LogP contribution in [-0.4, -0.2) is 47.5 Å². The number of hydrogen-bond donors (Lipinski definition) is 3. The average Bonchev–Trinajstić information content (AvgIpc) is 2.38. The normalized spacial score (nSPS) is 12.2. The van der Waals surface area contributed by atoms with Crippen molar-refractivity contribution in [2.45, 2.75) is 25.9 Å². The van der Waals surface area contributed by atoms with Crippen LogP contribution in [0.3, 0.4) is 0 Å². The Labute approximate surface area is 112 Å². The van der Waals surface area contributed by atoms with Crippen LogP contribution < -0.4 is 5.32 Å². The van der Waals surface area contributed by atoms with Gasteiger partial charge < -0.3 is 20.3 Å². The molecule has 1 heterocycles. The highest BCUT2D eigenvalue weighted by Gasteiger charge is 2.08. The minimum Gasteiger partial charge on any atom is -0.478 e. The Hall–Kier alpha value is -1.66. The lowest BCUT2D eigenvalue weighted by atomic mass is 10.2. The number of hydrogen-bond acceptors (Lipinski definition) is 5. The van der Waals surface area contributed by atoms with Crippen LogP contribution in [0.5, 0.6) is 0 Å². The highest BCUT2D eigenvalue weighted by molar-refractivity contribution is 5.88. The third-order valence-corrected chi connectivity index (χ3v) is 2.63. The largest absolute Gasteiger partial charge is 0.478 e. The lowest BCUT2D eigenvalue weighted by Gasteiger charge is -2.11. The molecule has 6 nitrogen and oxygen atoms in total. The molecule has 19 heavy (non-hydrogen) atoms. The molecule has 3 N–H and O–H groups in total. The second kappa shape index (κ2) is 7.70. The average molecular weight is 268 g/mol. The van der Waals surface area contributed by atoms with Crippen LogP contribution in [0.25, 0.3) is 0 Å². The summed E-state index contributed by atoms with van der Waals surface area (Å²) in [5, 5.41) is 21.5. The van der Waals surface area contributed by atoms with Crippen molar-refractivity contribution >= 4 is 11.8 Å². The molecule has 106 valence electrons. The predicted molar refractivity (Wildman–Crippen MR) is 71.6 cm³/mol. The zero-order valence-corrected chi connectivity index (χ0v) is 11.2. The van der Waals surface area contributed by atoms with Gasteiger partial charge >= 0.3 is 5.97 Å². The molecule has 1 aromatic heterocycles. The van der Waals surface area contributed by atoms with Gasteiger partial charge in [0, 0.05) is 19.3 Å². The Kier molecular flexibility index (Phi) is 6.24. The number of anilines is 1. The minimum atomic E-state index is -0.973. The fourth-order valence-corrected chi connectivity index (χ4v) is 1.63. The zero-order chi connectivity index (χ0) is 14.3. The number of rotatable bonds is 8. The number of carboxylic acid groups (broad SMARTS) is 1. The van der Waals surface area contributed by atoms with Crippen molar-refractivity contribution in [3.63, 3.8) is 0 Å². The van der Waals surface area contributed by atoms with Gasteiger partial charge in [-0.25, -0.2) is 9.78 Å². The molecule has 0 radical (unpaired) electrons. The number of aromatic carboxylic acids is 1. The van der Waals surface area contributed by atoms with Crippen molar-refractivity contribution in [1.29, 1.82) is 0 Å². The number of nitrogens with one attached hydrogen (secondary N) is 1. The van der Waals surface area contributed by atoms with Gasteiger partial charge in [-0.15, -0.1) is 0 Å². The van der Waals surface area contributed by atoms with Gasteiger partial charge in [-0.1, -0.05) is 6.92 Å². The van der Waals surface area contributed by atoms with Crippen molar-refractivity contribution in [3.05, 3.63) is 23.4 Å². The van der Waals surface area contributed by atoms with Crippen LogP contribution in [0.1, 0.15) is 29.4 Å². The van der Waals surface area contributed by atoms with Gasteiger partial charge in [0.05, 0.1) is 18.3 Å². The van der Waals surface area contributed by atoms with E-state index in [0.717, 1.165) is 5.69 Å². The maximum atomic E-state index is 11.0. The molecule has 1 aromatic rings. The summed E-state index contributed by atoms with van der Waals surface area (Å²) in [4.78, 5) is 15.3. The molecule has 0 aliphatic heterocycles. The number of methoxy groups -OCH3 is 1. The molecule has 0 aliphatic rings. The zero-order valence-electron chi connectivity index (χ0n) is 11.2. The van der Waals surface area contributed by atoms with E-state index in [1.54, 1.807) is 6.07 Å². The number of ether oxygens (including phenoxy) is 1. The first kappa shape index (κ1) is 15.4. The van der Waals surface area contributed by atoms with Crippen molar-refractivity contribution in [2.24, 2.45) is 0 Å². The summed E-state index contributed by atoms with van der Waals surface area (Å²) >= 11 is 0. The molecule has 0 aromatic carbocycles. The lowest BCUT2D eigenvalue weighted by molar-refractivity contribution is 0.0615. The number of carbonyl (C=O) groups is 1. The van der Waals surface area contributed by atoms with Crippen molar-refractivity contribution in [2.75, 3.05) is 25.6 Å². The molecule has 0 spiro atoms. The number of pyridine rings is 1. The number of carboxylic acids is 1. The quantitative estimate of drug-likeness (QED) is 0.655. The maximum absolute atomic E-state index is 11.0. The molecule has 1 unspecified atom stereocenters. The SMILES string of the molecule is CCc1cc(C(=O)O)cc(NCCC(O)COC)n1. The van der Waals surface area contributed by atoms with Crippen LogP contribution >= 0.6 is 0 Å². The molecular weight excluding hydrogens is 248 g/mol. The number of aromatic nitrogens is 1. The molecule has 0 aliphatic carbocycles. The Morgan fingerprint density at radius 1 is 1.53 bits per heavy atom. The molecule has 0 saturated carbocycles. The van der Waals surface area contributed by atoms with E-state index in [-0.39, 0.29) is 12.2 Å². The van der Waals surface area contributed by atoms with E-state index in [2.05, 4.69) is 10.3 Å². The van der Waals surface area contributed by atoms with Gasteiger partial charge in [-0.05, 0) is 25.0 Å². The molecule has 0 bridgehead atoms. The lowest BCUT2D eigenvalue weighted by Crippen LogP contribution is -2.19. The fraction of sp³-hybridized carbons (Fsp3) is 0.538. The molecule has 1 atom stereocenters. The molecule has 6 heteroatoms. The summed E-state index contributed by atoms with van der Waals surface area (Å²) in [6.45, 7) is 2.70. The van der Waals surface area contributed by atoms with Gasteiger partial charge in [-0.3, -0.25) is 0 Å². The van der Waals surface area contributed by atoms with Crippen LogP contribution in [0.15, 0.2) is 12.1 Å². The maximum Gasteiger partial charge on any atom is 0.335 e. The summed E-state index contributed by atoms with van der Waals surface area (Å²) in [5.74, 6) is -0.457. The molecular formula is C13H20N2O4. The van der Waals surface area contributed by atoms with Crippen LogP contribution in [0.4, 0.5) is 5.82 Å². The van der Waals surface area contributed by atoms with Crippen LogP contribution in [-0.2, 0) is 11.2 Å². The van der Waals surface area contributed by atoms with Crippen LogP contribution in [0, 0.1) is 0 Å². The van der Waals surface area contributed by atoms with E-state index < -0.39 is 12.1 Å². The Bertz CT molecular complexity index is 423. The van der Waals surface area contributed by atoms with E-state index in [4.69, 9.17) is 9.84 Å². The third kappa shape index (κ3) is 5.23. The van der Waals surface area contributed by atoms with E-state index in [0.29, 0.717) is 25.2 Å². The second-order valence-electron chi connectivity index (χ2n) is 4.22. The molecule has 1 rings (SSSR count). The topological polar surface area (TPSA) is 91.7 Å². The van der Waals surface area contributed by atoms with Crippen molar-refractivity contribution in [3.8, 4) is 0 Å². The highest BCUT2D eigenvalue weighted by atomic mass is 16.5. The Balaban J connectivity index is 2.62. The summed E-state index contributed by atoms with van der Waals surface area (Å²) in [7, 11) is 1.53. The van der Waals surface area contributed by atoms with E-state index >= 15 is 0 Å². The first-order valence-electron chi connectivity index (χ1n) is 6.22. The smallest absolute Gasteiger partial charge is 0.335 e. The van der Waals surface area contributed by atoms with Gasteiger partial charge in [0.25, 0.3) is 0 Å². The summed E-state index contributed by atoms with van der Waals surface area (Å²) in [6.07, 6.45) is 0.641. The Morgan fingerprint density at radius 3 is 2.84 bits per heavy atom. The third-order valence-electron chi connectivity index (χ3n) is 2.63. The highest BCUT2D eigenvalue weighted by Crippen LogP contribution is 2.11. The standard InChI is InChI=1S/C13H20N2O4/c1-3-10-6-9(13(17)18)7-12(15-10)14-5-4-11(16)8-19-2/h6-7,11,16H,3-5,8H2,1-2H3,(H,14,15)(H,17,18). The summed E-state index contributed by atoms with van der Waals surface area (Å²) < 4.78 is 4.82. The number of aliphatic hydroxyl groups excluding tert-OH is 1. The van der Waals surface area contributed by atoms with Gasteiger partial charge in [0.2, 0.25) is 0 Å². The van der Waals surface area contributed by atoms with E-state index in [1.165, 1.54) is 13.2 Å². The summed E-state index contributed by atoms with van der Waals surface area (Å²) in [5.41, 5.74) is 0.937. The second-order valence-corrected chi connectivity index (χ2v) is 4.22. The first-order valence-corrected chi connectivity index (χ1v) is 6.22. The monoisotopic (exact) mass is 268 g/mol. The van der Waals surface area contributed by atoms with Crippen molar-refractivity contribution < 1.29 is 19.7 Å². The van der Waals surface area contributed by atoms with Gasteiger partial charge in [0.1, 0.15) is 5.82 Å². The van der Waals surface area contributed by atoms with E-state index in [1.807, 2.05) is 6.92 Å². The van der Waals surface area contributed by atoms with Gasteiger partial charge in [-0.2, -0.15) is 0 Å².